The van der Waals surface area contributed by atoms with Crippen LogP contribution in [0.25, 0.3) is 0 Å². The van der Waals surface area contributed by atoms with Crippen molar-refractivity contribution in [2.45, 2.75) is 0 Å². The molecule has 1 aromatic carbocycles. The predicted octanol–water partition coefficient (Wildman–Crippen LogP) is 0.839. The van der Waals surface area contributed by atoms with Crippen LogP contribution < -0.4 is 4.74 Å². The largest absolute Gasteiger partial charge is 0.492 e. The van der Waals surface area contributed by atoms with E-state index in [1.54, 1.807) is 4.90 Å². The van der Waals surface area contributed by atoms with Crippen LogP contribution >= 0.6 is 0 Å². The van der Waals surface area contributed by atoms with Gasteiger partial charge in [-0.1, -0.05) is 18.2 Å². The summed E-state index contributed by atoms with van der Waals surface area (Å²) in [7, 11) is 1.85. The zero-order valence-corrected chi connectivity index (χ0v) is 10.1. The molecule has 0 spiro atoms. The van der Waals surface area contributed by atoms with Gasteiger partial charge in [-0.15, -0.1) is 0 Å². The van der Waals surface area contributed by atoms with Crippen molar-refractivity contribution in [3.63, 3.8) is 0 Å². The van der Waals surface area contributed by atoms with Gasteiger partial charge in [-0.3, -0.25) is 9.69 Å². The van der Waals surface area contributed by atoms with Crippen LogP contribution in [0.5, 0.6) is 5.75 Å². The first-order chi connectivity index (χ1) is 8.25. The summed E-state index contributed by atoms with van der Waals surface area (Å²) in [6.07, 6.45) is 0. The van der Waals surface area contributed by atoms with Gasteiger partial charge >= 0.3 is 0 Å². The second-order valence-corrected chi connectivity index (χ2v) is 4.25. The Kier molecular flexibility index (Phi) is 3.98. The fourth-order valence-corrected chi connectivity index (χ4v) is 1.81. The number of hydrogen-bond acceptors (Lipinski definition) is 3. The molecule has 1 saturated heterocycles. The van der Waals surface area contributed by atoms with Gasteiger partial charge in [0.25, 0.3) is 0 Å². The molecule has 0 aromatic heterocycles. The van der Waals surface area contributed by atoms with Crippen molar-refractivity contribution in [3.05, 3.63) is 30.3 Å². The Hall–Kier alpha value is -1.55. The van der Waals surface area contributed by atoms with E-state index in [1.165, 1.54) is 0 Å². The normalized spacial score (nSPS) is 17.2. The van der Waals surface area contributed by atoms with E-state index in [4.69, 9.17) is 4.74 Å². The average molecular weight is 234 g/mol. The molecule has 0 radical (unpaired) electrons. The van der Waals surface area contributed by atoms with Gasteiger partial charge in [0, 0.05) is 26.7 Å². The maximum Gasteiger partial charge on any atom is 0.236 e. The number of ether oxygens (including phenoxy) is 1. The summed E-state index contributed by atoms with van der Waals surface area (Å²) >= 11 is 0. The lowest BCUT2D eigenvalue weighted by molar-refractivity contribution is -0.134. The number of nitrogens with zero attached hydrogens (tertiary/aromatic N) is 2. The Morgan fingerprint density at radius 3 is 2.71 bits per heavy atom. The van der Waals surface area contributed by atoms with Crippen molar-refractivity contribution in [2.24, 2.45) is 0 Å². The minimum atomic E-state index is 0.191. The smallest absolute Gasteiger partial charge is 0.236 e. The number of rotatable bonds is 4. The third kappa shape index (κ3) is 3.46. The molecule has 0 saturated carbocycles. The first-order valence-electron chi connectivity index (χ1n) is 5.90. The monoisotopic (exact) mass is 234 g/mol. The standard InChI is InChI=1S/C13H18N2O2/c1-14-7-8-15(11-13(14)16)9-10-17-12-5-3-2-4-6-12/h2-6H,7-11H2,1H3. The predicted molar refractivity (Wildman–Crippen MR) is 66.0 cm³/mol. The molecule has 92 valence electrons. The molecular weight excluding hydrogens is 216 g/mol. The van der Waals surface area contributed by atoms with Crippen molar-refractivity contribution >= 4 is 5.91 Å². The van der Waals surface area contributed by atoms with Crippen LogP contribution in [0.15, 0.2) is 30.3 Å². The Morgan fingerprint density at radius 1 is 1.24 bits per heavy atom. The molecule has 1 fully saturated rings. The molecule has 4 heteroatoms. The Morgan fingerprint density at radius 2 is 2.00 bits per heavy atom. The minimum Gasteiger partial charge on any atom is -0.492 e. The molecule has 1 aliphatic heterocycles. The number of para-hydroxylation sites is 1. The minimum absolute atomic E-state index is 0.191. The first kappa shape index (κ1) is 11.9. The number of hydrogen-bond donors (Lipinski definition) is 0. The Balaban J connectivity index is 1.71. The molecule has 1 amide bonds. The number of piperazine rings is 1. The highest BCUT2D eigenvalue weighted by Gasteiger charge is 2.20. The summed E-state index contributed by atoms with van der Waals surface area (Å²) < 4.78 is 5.60. The second-order valence-electron chi connectivity index (χ2n) is 4.25. The molecule has 1 heterocycles. The van der Waals surface area contributed by atoms with Gasteiger partial charge in [0.2, 0.25) is 5.91 Å². The lowest BCUT2D eigenvalue weighted by atomic mass is 10.3. The van der Waals surface area contributed by atoms with E-state index >= 15 is 0 Å². The van der Waals surface area contributed by atoms with Gasteiger partial charge in [-0.2, -0.15) is 0 Å². The summed E-state index contributed by atoms with van der Waals surface area (Å²) in [4.78, 5) is 15.4. The molecule has 1 aromatic rings. The van der Waals surface area contributed by atoms with E-state index in [1.807, 2.05) is 37.4 Å². The van der Waals surface area contributed by atoms with E-state index in [0.29, 0.717) is 13.2 Å². The van der Waals surface area contributed by atoms with Gasteiger partial charge in [-0.25, -0.2) is 0 Å². The van der Waals surface area contributed by atoms with Crippen molar-refractivity contribution < 1.29 is 9.53 Å². The van der Waals surface area contributed by atoms with Crippen LogP contribution in [0.3, 0.4) is 0 Å². The summed E-state index contributed by atoms with van der Waals surface area (Å²) in [5.41, 5.74) is 0. The lowest BCUT2D eigenvalue weighted by Gasteiger charge is -2.31. The SMILES string of the molecule is CN1CCN(CCOc2ccccc2)CC1=O. The Labute approximate surface area is 102 Å². The maximum absolute atomic E-state index is 11.5. The van der Waals surface area contributed by atoms with E-state index in [2.05, 4.69) is 4.90 Å². The third-order valence-electron chi connectivity index (χ3n) is 2.96. The van der Waals surface area contributed by atoms with Crippen molar-refractivity contribution in [3.8, 4) is 5.75 Å². The van der Waals surface area contributed by atoms with E-state index in [9.17, 15) is 4.79 Å². The molecule has 1 aliphatic rings. The molecule has 4 nitrogen and oxygen atoms in total. The second kappa shape index (κ2) is 5.68. The van der Waals surface area contributed by atoms with Crippen molar-refractivity contribution in [1.82, 2.24) is 9.80 Å². The van der Waals surface area contributed by atoms with Gasteiger partial charge in [0.1, 0.15) is 12.4 Å². The van der Waals surface area contributed by atoms with E-state index in [0.717, 1.165) is 25.4 Å². The molecule has 0 N–H and O–H groups in total. The van der Waals surface area contributed by atoms with E-state index < -0.39 is 0 Å². The molecule has 2 rings (SSSR count). The molecular formula is C13H18N2O2. The lowest BCUT2D eigenvalue weighted by Crippen LogP contribution is -2.49. The highest BCUT2D eigenvalue weighted by molar-refractivity contribution is 5.78. The van der Waals surface area contributed by atoms with Crippen LogP contribution in [0.2, 0.25) is 0 Å². The van der Waals surface area contributed by atoms with Crippen LogP contribution in [0.1, 0.15) is 0 Å². The van der Waals surface area contributed by atoms with E-state index in [-0.39, 0.29) is 5.91 Å². The van der Waals surface area contributed by atoms with Gasteiger partial charge in [0.05, 0.1) is 6.54 Å². The number of benzene rings is 1. The van der Waals surface area contributed by atoms with Gasteiger partial charge in [-0.05, 0) is 12.1 Å². The van der Waals surface area contributed by atoms with Crippen LogP contribution in [0, 0.1) is 0 Å². The average Bonchev–Trinajstić information content (AvgIpc) is 2.35. The first-order valence-corrected chi connectivity index (χ1v) is 5.90. The zero-order chi connectivity index (χ0) is 12.1. The third-order valence-corrected chi connectivity index (χ3v) is 2.96. The molecule has 0 unspecified atom stereocenters. The number of carbonyl (C=O) groups is 1. The molecule has 0 atom stereocenters. The van der Waals surface area contributed by atoms with Gasteiger partial charge in [0.15, 0.2) is 0 Å². The quantitative estimate of drug-likeness (QED) is 0.774. The van der Waals surface area contributed by atoms with Crippen LogP contribution in [0.4, 0.5) is 0 Å². The number of amides is 1. The molecule has 17 heavy (non-hydrogen) atoms. The summed E-state index contributed by atoms with van der Waals surface area (Å²) in [5.74, 6) is 1.07. The number of carbonyl (C=O) groups excluding carboxylic acids is 1. The summed E-state index contributed by atoms with van der Waals surface area (Å²) in [5, 5.41) is 0. The summed E-state index contributed by atoms with van der Waals surface area (Å²) in [6.45, 7) is 3.68. The fourth-order valence-electron chi connectivity index (χ4n) is 1.81. The topological polar surface area (TPSA) is 32.8 Å². The molecule has 0 bridgehead atoms. The zero-order valence-electron chi connectivity index (χ0n) is 10.1. The maximum atomic E-state index is 11.5. The summed E-state index contributed by atoms with van der Waals surface area (Å²) in [6, 6.07) is 9.75. The fraction of sp³-hybridized carbons (Fsp3) is 0.462. The van der Waals surface area contributed by atoms with Crippen LogP contribution in [-0.4, -0.2) is 55.5 Å². The van der Waals surface area contributed by atoms with Crippen molar-refractivity contribution in [2.75, 3.05) is 39.8 Å². The Bertz CT molecular complexity index is 367. The number of likely N-dealkylation sites (N-methyl/N-ethyl adjacent to an activating group) is 1. The van der Waals surface area contributed by atoms with Crippen LogP contribution in [-0.2, 0) is 4.79 Å². The highest BCUT2D eigenvalue weighted by atomic mass is 16.5. The molecule has 0 aliphatic carbocycles. The van der Waals surface area contributed by atoms with Crippen molar-refractivity contribution in [1.29, 1.82) is 0 Å². The highest BCUT2D eigenvalue weighted by Crippen LogP contribution is 2.08. The van der Waals surface area contributed by atoms with Gasteiger partial charge < -0.3 is 9.64 Å².